The van der Waals surface area contributed by atoms with Gasteiger partial charge in [0.2, 0.25) is 11.8 Å². The second-order valence-electron chi connectivity index (χ2n) is 20.5. The van der Waals surface area contributed by atoms with Gasteiger partial charge < -0.3 is 34.2 Å². The first kappa shape index (κ1) is 37.2. The van der Waals surface area contributed by atoms with Crippen LogP contribution >= 0.6 is 0 Å². The lowest BCUT2D eigenvalue weighted by Crippen LogP contribution is -2.60. The first-order chi connectivity index (χ1) is 24.3. The number of aliphatic hydroxyl groups excluding tert-OH is 1. The van der Waals surface area contributed by atoms with E-state index in [4.69, 9.17) is 14.2 Å². The molecule has 2 spiro atoms. The lowest BCUT2D eigenvalue weighted by molar-refractivity contribution is -0.248. The highest BCUT2D eigenvalue weighted by atomic mass is 16.7. The lowest BCUT2D eigenvalue weighted by Gasteiger charge is -2.64. The van der Waals surface area contributed by atoms with E-state index in [-0.39, 0.29) is 81.9 Å². The zero-order valence-electron chi connectivity index (χ0n) is 33.1. The van der Waals surface area contributed by atoms with Crippen LogP contribution in [-0.2, 0) is 28.6 Å². The first-order valence-electron chi connectivity index (χ1n) is 20.7. The Balaban J connectivity index is 0.992. The Kier molecular flexibility index (Phi) is 8.67. The second kappa shape index (κ2) is 12.1. The van der Waals surface area contributed by atoms with Crippen molar-refractivity contribution in [3.63, 3.8) is 0 Å². The van der Waals surface area contributed by atoms with Crippen LogP contribution in [0.25, 0.3) is 0 Å². The molecule has 4 unspecified atom stereocenters. The summed E-state index contributed by atoms with van der Waals surface area (Å²) in [6.45, 7) is 18.5. The summed E-state index contributed by atoms with van der Waals surface area (Å²) in [4.78, 5) is 41.2. The fourth-order valence-electron chi connectivity index (χ4n) is 14.6. The molecule has 2 heterocycles. The minimum atomic E-state index is -1.35. The number of carboxylic acids is 1. The van der Waals surface area contributed by atoms with Gasteiger partial charge in [-0.15, -0.1) is 0 Å². The number of morpholine rings is 1. The average molecular weight is 727 g/mol. The fourth-order valence-corrected chi connectivity index (χ4v) is 14.6. The number of aliphatic carboxylic acids is 1. The molecule has 292 valence electrons. The maximum atomic E-state index is 12.9. The molecule has 8 fully saturated rings. The number of amides is 2. The number of carboxylic acid groups (broad SMARTS) is 1. The Morgan fingerprint density at radius 1 is 0.981 bits per heavy atom. The zero-order valence-corrected chi connectivity index (χ0v) is 33.1. The third-order valence-corrected chi connectivity index (χ3v) is 17.6. The molecule has 0 aromatic carbocycles. The van der Waals surface area contributed by atoms with E-state index in [1.807, 2.05) is 4.90 Å². The molecule has 2 aliphatic heterocycles. The van der Waals surface area contributed by atoms with Crippen LogP contribution in [-0.4, -0.2) is 100 Å². The normalized spacial score (nSPS) is 47.6. The Morgan fingerprint density at radius 2 is 1.67 bits per heavy atom. The predicted octanol–water partition coefficient (Wildman–Crippen LogP) is 5.88. The van der Waals surface area contributed by atoms with Crippen LogP contribution < -0.4 is 0 Å². The number of fused-ring (bicyclic) bond motifs is 4. The monoisotopic (exact) mass is 726 g/mol. The van der Waals surface area contributed by atoms with Crippen LogP contribution in [0.4, 0.5) is 0 Å². The van der Waals surface area contributed by atoms with Crippen molar-refractivity contribution >= 4 is 17.8 Å². The number of hydrogen-bond acceptors (Lipinski definition) is 7. The molecule has 2 saturated heterocycles. The zero-order chi connectivity index (χ0) is 37.4. The van der Waals surface area contributed by atoms with Crippen LogP contribution in [0.1, 0.15) is 126 Å². The Bertz CT molecular complexity index is 1480. The van der Waals surface area contributed by atoms with Crippen LogP contribution in [0.2, 0.25) is 0 Å². The van der Waals surface area contributed by atoms with E-state index in [1.165, 1.54) is 37.5 Å². The van der Waals surface area contributed by atoms with Crippen molar-refractivity contribution in [2.24, 2.45) is 56.7 Å². The van der Waals surface area contributed by atoms with Gasteiger partial charge in [-0.25, -0.2) is 4.79 Å². The van der Waals surface area contributed by atoms with E-state index in [0.29, 0.717) is 43.9 Å². The van der Waals surface area contributed by atoms with Crippen molar-refractivity contribution in [1.82, 2.24) is 9.80 Å². The number of rotatable bonds is 8. The van der Waals surface area contributed by atoms with Gasteiger partial charge in [0.25, 0.3) is 0 Å². The first-order valence-corrected chi connectivity index (χ1v) is 20.7. The molecule has 2 amide bonds. The lowest BCUT2D eigenvalue weighted by atomic mass is 9.41. The van der Waals surface area contributed by atoms with E-state index in [0.717, 1.165) is 38.5 Å². The Hall–Kier alpha value is -1.75. The summed E-state index contributed by atoms with van der Waals surface area (Å²) in [5.41, 5.74) is -1.28. The molecule has 6 aliphatic carbocycles. The number of nitrogens with zero attached hydrogens (tertiary/aromatic N) is 2. The van der Waals surface area contributed by atoms with Gasteiger partial charge in [0.15, 0.2) is 6.29 Å². The van der Waals surface area contributed by atoms with Gasteiger partial charge in [0, 0.05) is 31.8 Å². The van der Waals surface area contributed by atoms with Gasteiger partial charge >= 0.3 is 5.97 Å². The molecule has 2 N–H and O–H groups in total. The fraction of sp³-hybridized carbons (Fsp3) is 0.929. The van der Waals surface area contributed by atoms with E-state index in [2.05, 4.69) is 34.6 Å². The maximum absolute atomic E-state index is 12.9. The SMILES string of the molecule is CC(=O)N(CC1C[C@@H](C)[C@H]2C(O1)[C@H](O)[C@@]1(C)C3CC[C@H]4C(C)(C)C(O[C@H]5CN(C(=O)CC6CC6)CCO5)CC[C@@]45C[C@@]35CC[C@]21C)C(C)(C)C(=O)O. The third kappa shape index (κ3) is 5.11. The molecule has 13 atom stereocenters. The molecule has 52 heavy (non-hydrogen) atoms. The molecule has 6 saturated carbocycles. The Morgan fingerprint density at radius 3 is 2.35 bits per heavy atom. The minimum Gasteiger partial charge on any atom is -0.480 e. The topological polar surface area (TPSA) is 126 Å². The molecule has 10 heteroatoms. The summed E-state index contributed by atoms with van der Waals surface area (Å²) in [5.74, 6) is 0.940. The van der Waals surface area contributed by atoms with Crippen LogP contribution in [0.3, 0.4) is 0 Å². The summed E-state index contributed by atoms with van der Waals surface area (Å²) < 4.78 is 19.9. The van der Waals surface area contributed by atoms with Crippen molar-refractivity contribution in [2.45, 2.75) is 162 Å². The van der Waals surface area contributed by atoms with Crippen molar-refractivity contribution in [1.29, 1.82) is 0 Å². The number of carbonyl (C=O) groups excluding carboxylic acids is 2. The second-order valence-corrected chi connectivity index (χ2v) is 20.5. The number of ether oxygens (including phenoxy) is 3. The number of carbonyl (C=O) groups is 3. The molecular weight excluding hydrogens is 660 g/mol. The largest absolute Gasteiger partial charge is 0.480 e. The highest BCUT2D eigenvalue weighted by molar-refractivity contribution is 5.85. The van der Waals surface area contributed by atoms with Crippen molar-refractivity contribution in [3.05, 3.63) is 0 Å². The van der Waals surface area contributed by atoms with E-state index < -0.39 is 17.6 Å². The van der Waals surface area contributed by atoms with Gasteiger partial charge in [-0.05, 0) is 129 Å². The predicted molar refractivity (Wildman–Crippen MR) is 194 cm³/mol. The summed E-state index contributed by atoms with van der Waals surface area (Å²) in [6, 6.07) is 0. The number of hydrogen-bond donors (Lipinski definition) is 2. The van der Waals surface area contributed by atoms with E-state index in [1.54, 1.807) is 13.8 Å². The van der Waals surface area contributed by atoms with E-state index >= 15 is 0 Å². The third-order valence-electron chi connectivity index (χ3n) is 17.6. The molecule has 10 nitrogen and oxygen atoms in total. The smallest absolute Gasteiger partial charge is 0.329 e. The van der Waals surface area contributed by atoms with Crippen molar-refractivity contribution in [2.75, 3.05) is 26.2 Å². The standard InChI is InChI=1S/C42H66N2O8/c1-24-19-27(21-44(25(2)45)38(5,6)36(48)49)51-34-33(24)39(7)15-16-42-23-41(42)14-13-30(37(3,4)28(41)11-12-29(42)40(39,8)35(34)47)52-32-22-43(17-18-50-32)31(46)20-26-9-10-26/h24,26-30,32-35,47H,9-23H2,1-8H3,(H,48,49)/t24-,27?,28+,29?,30?,32+,33+,34?,35+,39-,40-,41-,42+/m1/s1. The maximum Gasteiger partial charge on any atom is 0.329 e. The van der Waals surface area contributed by atoms with Crippen LogP contribution in [0.15, 0.2) is 0 Å². The molecule has 0 radical (unpaired) electrons. The summed E-state index contributed by atoms with van der Waals surface area (Å²) >= 11 is 0. The number of aliphatic hydroxyl groups is 1. The van der Waals surface area contributed by atoms with Crippen LogP contribution in [0.5, 0.6) is 0 Å². The highest BCUT2D eigenvalue weighted by Crippen LogP contribution is 2.89. The van der Waals surface area contributed by atoms with Gasteiger partial charge in [-0.1, -0.05) is 34.6 Å². The van der Waals surface area contributed by atoms with Crippen molar-refractivity contribution < 1.29 is 38.8 Å². The summed E-state index contributed by atoms with van der Waals surface area (Å²) in [5, 5.41) is 22.6. The summed E-state index contributed by atoms with van der Waals surface area (Å²) in [6.07, 6.45) is 10.1. The molecular formula is C42H66N2O8. The molecule has 0 aromatic heterocycles. The average Bonchev–Trinajstić information content (AvgIpc) is 4.00. The van der Waals surface area contributed by atoms with Gasteiger partial charge in [0.1, 0.15) is 5.54 Å². The summed E-state index contributed by atoms with van der Waals surface area (Å²) in [7, 11) is 0. The van der Waals surface area contributed by atoms with E-state index in [9.17, 15) is 24.6 Å². The molecule has 0 aromatic rings. The quantitative estimate of drug-likeness (QED) is 0.318. The van der Waals surface area contributed by atoms with Gasteiger partial charge in [0.05, 0.1) is 37.6 Å². The van der Waals surface area contributed by atoms with Crippen molar-refractivity contribution in [3.8, 4) is 0 Å². The minimum absolute atomic E-state index is 0.0303. The molecule has 8 aliphatic rings. The molecule has 0 bridgehead atoms. The van der Waals surface area contributed by atoms with Gasteiger partial charge in [-0.3, -0.25) is 9.59 Å². The highest BCUT2D eigenvalue weighted by Gasteiger charge is 2.84. The molecule has 8 rings (SSSR count). The van der Waals surface area contributed by atoms with Crippen LogP contribution in [0, 0.1) is 56.7 Å². The van der Waals surface area contributed by atoms with Gasteiger partial charge in [-0.2, -0.15) is 0 Å². The Labute approximate surface area is 311 Å².